The molecule has 1 saturated heterocycles. The Morgan fingerprint density at radius 2 is 1.37 bits per heavy atom. The first kappa shape index (κ1) is 37.2. The van der Waals surface area contributed by atoms with Crippen molar-refractivity contribution in [1.29, 1.82) is 0 Å². The van der Waals surface area contributed by atoms with Crippen molar-refractivity contribution in [2.75, 3.05) is 65.1 Å². The second-order valence-corrected chi connectivity index (χ2v) is 12.1. The molecule has 236 valence electrons. The number of aliphatic hydroxyl groups is 1. The molecule has 0 bridgehead atoms. The van der Waals surface area contributed by atoms with Gasteiger partial charge in [-0.25, -0.2) is 0 Å². The lowest BCUT2D eigenvalue weighted by atomic mass is 10.1. The number of amides is 2. The molecule has 14 heteroatoms. The van der Waals surface area contributed by atoms with Crippen molar-refractivity contribution in [2.24, 2.45) is 0 Å². The maximum atomic E-state index is 11.8. The van der Waals surface area contributed by atoms with Crippen LogP contribution in [0.3, 0.4) is 0 Å². The van der Waals surface area contributed by atoms with Crippen LogP contribution in [0.15, 0.2) is 0 Å². The molecule has 1 rings (SSSR count). The van der Waals surface area contributed by atoms with Crippen molar-refractivity contribution in [3.05, 3.63) is 0 Å². The van der Waals surface area contributed by atoms with E-state index in [0.29, 0.717) is 25.9 Å². The third-order valence-corrected chi connectivity index (χ3v) is 8.80. The number of rotatable bonds is 26. The summed E-state index contributed by atoms with van der Waals surface area (Å²) in [5.74, 6) is -0.180. The first-order valence-corrected chi connectivity index (χ1v) is 16.7. The Labute approximate surface area is 250 Å². The van der Waals surface area contributed by atoms with Gasteiger partial charge in [0.2, 0.25) is 11.8 Å². The van der Waals surface area contributed by atoms with Crippen LogP contribution in [0.1, 0.15) is 70.6 Å². The molecular formula is C27H46N2O10S2. The quantitative estimate of drug-likeness (QED) is 0.0730. The monoisotopic (exact) mass is 622 g/mol. The van der Waals surface area contributed by atoms with E-state index in [1.54, 1.807) is 0 Å². The fraction of sp³-hybridized carbons (Fsp3) is 0.815. The van der Waals surface area contributed by atoms with Crippen molar-refractivity contribution >= 4 is 51.1 Å². The minimum atomic E-state index is -0.506. The van der Waals surface area contributed by atoms with E-state index in [1.165, 1.54) is 12.2 Å². The second-order valence-electron chi connectivity index (χ2n) is 9.31. The SMILES string of the molecule is O=C(CCCOCCO)CCC(=O)OCCOCCNC(=O)CCC(=O)OCCNC(=O)CCCCC1CCSS1. The van der Waals surface area contributed by atoms with Crippen molar-refractivity contribution in [2.45, 2.75) is 75.9 Å². The molecule has 1 atom stereocenters. The van der Waals surface area contributed by atoms with Gasteiger partial charge in [0.05, 0.1) is 45.8 Å². The van der Waals surface area contributed by atoms with E-state index in [9.17, 15) is 24.0 Å². The van der Waals surface area contributed by atoms with Gasteiger partial charge in [-0.15, -0.1) is 0 Å². The van der Waals surface area contributed by atoms with Crippen LogP contribution in [0.2, 0.25) is 0 Å². The standard InChI is InChI=1S/C27H46N2O10S2/c30-14-18-36-15-3-4-22(31)7-9-26(34)39-20-19-37-16-12-28-25(33)8-10-27(35)38-17-13-29-24(32)6-2-1-5-23-11-21-40-41-23/h23,30H,1-21H2,(H,28,33)(H,29,32). The number of esters is 2. The summed E-state index contributed by atoms with van der Waals surface area (Å²) in [4.78, 5) is 58.8. The largest absolute Gasteiger partial charge is 0.464 e. The molecule has 0 aromatic carbocycles. The number of carbonyl (C=O) groups is 5. The highest BCUT2D eigenvalue weighted by molar-refractivity contribution is 8.77. The molecule has 0 radical (unpaired) electrons. The molecule has 0 aliphatic carbocycles. The molecule has 41 heavy (non-hydrogen) atoms. The van der Waals surface area contributed by atoms with Crippen LogP contribution in [-0.2, 0) is 42.9 Å². The van der Waals surface area contributed by atoms with Gasteiger partial charge >= 0.3 is 11.9 Å². The number of ether oxygens (including phenoxy) is 4. The van der Waals surface area contributed by atoms with Crippen LogP contribution in [0.4, 0.5) is 0 Å². The van der Waals surface area contributed by atoms with Crippen molar-refractivity contribution < 1.29 is 48.0 Å². The van der Waals surface area contributed by atoms with Crippen LogP contribution in [-0.4, -0.2) is 105 Å². The summed E-state index contributed by atoms with van der Waals surface area (Å²) in [6.45, 7) is 1.54. The van der Waals surface area contributed by atoms with Gasteiger partial charge in [-0.3, -0.25) is 24.0 Å². The average molecular weight is 623 g/mol. The van der Waals surface area contributed by atoms with Crippen LogP contribution in [0.5, 0.6) is 0 Å². The lowest BCUT2D eigenvalue weighted by Crippen LogP contribution is -2.29. The van der Waals surface area contributed by atoms with E-state index in [0.717, 1.165) is 24.5 Å². The maximum absolute atomic E-state index is 11.8. The molecule has 0 spiro atoms. The van der Waals surface area contributed by atoms with Crippen molar-refractivity contribution in [1.82, 2.24) is 10.6 Å². The van der Waals surface area contributed by atoms with E-state index < -0.39 is 11.9 Å². The highest BCUT2D eigenvalue weighted by Crippen LogP contribution is 2.39. The van der Waals surface area contributed by atoms with Crippen LogP contribution in [0, 0.1) is 0 Å². The van der Waals surface area contributed by atoms with E-state index in [4.69, 9.17) is 24.1 Å². The minimum absolute atomic E-state index is 0.00263. The number of unbranched alkanes of at least 4 members (excludes halogenated alkanes) is 1. The number of Topliss-reactive ketones (excluding diaryl/α,β-unsaturated/α-hetero) is 1. The van der Waals surface area contributed by atoms with Gasteiger partial charge in [0.1, 0.15) is 19.0 Å². The van der Waals surface area contributed by atoms with Gasteiger partial charge < -0.3 is 34.7 Å². The van der Waals surface area contributed by atoms with Gasteiger partial charge in [0.15, 0.2) is 0 Å². The average Bonchev–Trinajstić information content (AvgIpc) is 3.48. The molecule has 0 aromatic rings. The first-order valence-electron chi connectivity index (χ1n) is 14.3. The normalized spacial score (nSPS) is 14.4. The van der Waals surface area contributed by atoms with Gasteiger partial charge in [0.25, 0.3) is 0 Å². The summed E-state index contributed by atoms with van der Waals surface area (Å²) in [6.07, 6.45) is 5.66. The van der Waals surface area contributed by atoms with Crippen molar-refractivity contribution in [3.8, 4) is 0 Å². The minimum Gasteiger partial charge on any atom is -0.464 e. The molecule has 1 unspecified atom stereocenters. The number of hydrogen-bond donors (Lipinski definition) is 3. The fourth-order valence-corrected chi connectivity index (χ4v) is 6.63. The Kier molecular flexibility index (Phi) is 23.4. The fourth-order valence-electron chi connectivity index (χ4n) is 3.60. The summed E-state index contributed by atoms with van der Waals surface area (Å²) in [7, 11) is 3.87. The van der Waals surface area contributed by atoms with E-state index in [1.807, 2.05) is 21.6 Å². The summed E-state index contributed by atoms with van der Waals surface area (Å²) in [6, 6.07) is 0. The molecule has 1 heterocycles. The first-order chi connectivity index (χ1) is 19.9. The predicted molar refractivity (Wildman–Crippen MR) is 156 cm³/mol. The third-order valence-electron chi connectivity index (χ3n) is 5.80. The molecule has 12 nitrogen and oxygen atoms in total. The number of hydrogen-bond acceptors (Lipinski definition) is 12. The van der Waals surface area contributed by atoms with E-state index in [-0.39, 0.29) is 96.0 Å². The zero-order valence-corrected chi connectivity index (χ0v) is 25.5. The van der Waals surface area contributed by atoms with Gasteiger partial charge in [-0.2, -0.15) is 0 Å². The molecule has 0 aromatic heterocycles. The Morgan fingerprint density at radius 3 is 2.10 bits per heavy atom. The highest BCUT2D eigenvalue weighted by atomic mass is 33.1. The van der Waals surface area contributed by atoms with Crippen molar-refractivity contribution in [3.63, 3.8) is 0 Å². The summed E-state index contributed by atoms with van der Waals surface area (Å²) in [5, 5.41) is 14.7. The number of aliphatic hydroxyl groups excluding tert-OH is 1. The number of nitrogens with one attached hydrogen (secondary N) is 2. The third kappa shape index (κ3) is 23.4. The Bertz CT molecular complexity index is 766. The molecule has 1 fully saturated rings. The molecule has 3 N–H and O–H groups in total. The molecule has 1 aliphatic heterocycles. The molecule has 2 amide bonds. The lowest BCUT2D eigenvalue weighted by molar-refractivity contribution is -0.146. The van der Waals surface area contributed by atoms with E-state index in [2.05, 4.69) is 10.6 Å². The second kappa shape index (κ2) is 25.8. The van der Waals surface area contributed by atoms with Crippen LogP contribution < -0.4 is 10.6 Å². The maximum Gasteiger partial charge on any atom is 0.306 e. The molecule has 0 saturated carbocycles. The molecule has 1 aliphatic rings. The van der Waals surface area contributed by atoms with E-state index >= 15 is 0 Å². The van der Waals surface area contributed by atoms with Gasteiger partial charge in [-0.1, -0.05) is 28.0 Å². The van der Waals surface area contributed by atoms with Crippen LogP contribution >= 0.6 is 21.6 Å². The van der Waals surface area contributed by atoms with Crippen LogP contribution in [0.25, 0.3) is 0 Å². The molecular weight excluding hydrogens is 576 g/mol. The zero-order valence-electron chi connectivity index (χ0n) is 23.9. The van der Waals surface area contributed by atoms with Gasteiger partial charge in [0, 0.05) is 49.8 Å². The topological polar surface area (TPSA) is 167 Å². The Hall–Kier alpha value is -1.87. The lowest BCUT2D eigenvalue weighted by Gasteiger charge is -2.09. The predicted octanol–water partition coefficient (Wildman–Crippen LogP) is 1.95. The zero-order chi connectivity index (χ0) is 30.0. The Balaban J connectivity index is 1.87. The summed E-state index contributed by atoms with van der Waals surface area (Å²) < 4.78 is 20.4. The van der Waals surface area contributed by atoms with Gasteiger partial charge in [-0.05, 0) is 25.7 Å². The number of carbonyl (C=O) groups excluding carboxylic acids is 5. The smallest absolute Gasteiger partial charge is 0.306 e. The Morgan fingerprint density at radius 1 is 0.683 bits per heavy atom. The number of ketones is 1. The summed E-state index contributed by atoms with van der Waals surface area (Å²) in [5.41, 5.74) is 0. The summed E-state index contributed by atoms with van der Waals surface area (Å²) >= 11 is 0. The highest BCUT2D eigenvalue weighted by Gasteiger charge is 2.16.